The van der Waals surface area contributed by atoms with Crippen LogP contribution in [-0.2, 0) is 16.0 Å². The van der Waals surface area contributed by atoms with Gasteiger partial charge in [-0.3, -0.25) is 4.79 Å². The average molecular weight is 345 g/mol. The van der Waals surface area contributed by atoms with Crippen LogP contribution in [0, 0.1) is 5.92 Å². The average Bonchev–Trinajstić information content (AvgIpc) is 2.83. The summed E-state index contributed by atoms with van der Waals surface area (Å²) in [5.74, 6) is -0.196. The number of carbonyl (C=O) groups excluding carboxylic acids is 2. The van der Waals surface area contributed by atoms with Crippen LogP contribution >= 0.6 is 23.2 Å². The molecule has 2 rings (SSSR count). The number of esters is 1. The molecule has 0 saturated heterocycles. The number of hydrogen-bond acceptors (Lipinski definition) is 4. The third kappa shape index (κ3) is 3.39. The molecular formula is C16H18Cl2O4. The number of ether oxygens (including phenoxy) is 2. The number of ketones is 1. The fourth-order valence-electron chi connectivity index (χ4n) is 2.63. The normalized spacial score (nSPS) is 16.5. The van der Waals surface area contributed by atoms with Gasteiger partial charge in [0.1, 0.15) is 10.8 Å². The van der Waals surface area contributed by atoms with Crippen molar-refractivity contribution in [2.45, 2.75) is 32.6 Å². The molecule has 0 amide bonds. The number of unbranched alkanes of at least 4 members (excludes halogenated alkanes) is 1. The van der Waals surface area contributed by atoms with E-state index in [9.17, 15) is 9.59 Å². The standard InChI is InChI=1S/C16H18Cl2O4/c1-3-4-5-9-6-10-7-11(22-8-12(19)21-2)14(17)15(18)13(10)16(9)20/h7,9H,3-6,8H2,1-2H3. The number of rotatable bonds is 6. The van der Waals surface area contributed by atoms with Crippen LogP contribution in [0.2, 0.25) is 10.0 Å². The van der Waals surface area contributed by atoms with Gasteiger partial charge in [-0.05, 0) is 24.5 Å². The number of methoxy groups -OCH3 is 1. The summed E-state index contributed by atoms with van der Waals surface area (Å²) in [5, 5.41) is 0.372. The van der Waals surface area contributed by atoms with E-state index in [1.807, 2.05) is 0 Å². The van der Waals surface area contributed by atoms with Gasteiger partial charge in [0.2, 0.25) is 0 Å². The lowest BCUT2D eigenvalue weighted by atomic mass is 9.98. The monoisotopic (exact) mass is 344 g/mol. The zero-order valence-corrected chi connectivity index (χ0v) is 14.1. The molecule has 1 aromatic rings. The van der Waals surface area contributed by atoms with Crippen molar-refractivity contribution in [2.24, 2.45) is 5.92 Å². The quantitative estimate of drug-likeness (QED) is 0.729. The Morgan fingerprint density at radius 1 is 1.36 bits per heavy atom. The van der Waals surface area contributed by atoms with Crippen LogP contribution in [0.4, 0.5) is 0 Å². The number of hydrogen-bond donors (Lipinski definition) is 0. The number of benzene rings is 1. The highest BCUT2D eigenvalue weighted by Gasteiger charge is 2.34. The molecule has 0 radical (unpaired) electrons. The molecule has 0 spiro atoms. The molecule has 1 aromatic carbocycles. The van der Waals surface area contributed by atoms with E-state index in [0.29, 0.717) is 17.7 Å². The topological polar surface area (TPSA) is 52.6 Å². The zero-order chi connectivity index (χ0) is 16.3. The first kappa shape index (κ1) is 17.1. The van der Waals surface area contributed by atoms with E-state index in [1.54, 1.807) is 6.07 Å². The summed E-state index contributed by atoms with van der Waals surface area (Å²) in [4.78, 5) is 23.6. The molecule has 0 heterocycles. The highest BCUT2D eigenvalue weighted by Crippen LogP contribution is 2.43. The van der Waals surface area contributed by atoms with E-state index in [0.717, 1.165) is 24.8 Å². The van der Waals surface area contributed by atoms with Gasteiger partial charge in [0, 0.05) is 11.5 Å². The minimum Gasteiger partial charge on any atom is -0.480 e. The summed E-state index contributed by atoms with van der Waals surface area (Å²) in [6, 6.07) is 1.70. The Balaban J connectivity index is 2.24. The number of fused-ring (bicyclic) bond motifs is 1. The second-order valence-electron chi connectivity index (χ2n) is 5.31. The second-order valence-corrected chi connectivity index (χ2v) is 6.07. The SMILES string of the molecule is CCCCC1Cc2cc(OCC(=O)OC)c(Cl)c(Cl)c2C1=O. The van der Waals surface area contributed by atoms with Gasteiger partial charge in [-0.1, -0.05) is 43.0 Å². The molecule has 0 aliphatic heterocycles. The van der Waals surface area contributed by atoms with Crippen molar-refractivity contribution in [3.8, 4) is 5.75 Å². The third-order valence-corrected chi connectivity index (χ3v) is 4.67. The van der Waals surface area contributed by atoms with Crippen LogP contribution < -0.4 is 4.74 Å². The zero-order valence-electron chi connectivity index (χ0n) is 12.6. The van der Waals surface area contributed by atoms with Gasteiger partial charge >= 0.3 is 5.97 Å². The van der Waals surface area contributed by atoms with Gasteiger partial charge in [-0.2, -0.15) is 0 Å². The Bertz CT molecular complexity index is 598. The minimum atomic E-state index is -0.510. The number of carbonyl (C=O) groups is 2. The Morgan fingerprint density at radius 3 is 2.73 bits per heavy atom. The number of Topliss-reactive ketones (excluding diaryl/α,β-unsaturated/α-hetero) is 1. The summed E-state index contributed by atoms with van der Waals surface area (Å²) < 4.78 is 9.86. The van der Waals surface area contributed by atoms with E-state index in [4.69, 9.17) is 27.9 Å². The van der Waals surface area contributed by atoms with Crippen molar-refractivity contribution in [1.82, 2.24) is 0 Å². The molecule has 0 saturated carbocycles. The van der Waals surface area contributed by atoms with Crippen LogP contribution in [-0.4, -0.2) is 25.5 Å². The van der Waals surface area contributed by atoms with E-state index < -0.39 is 5.97 Å². The first-order chi connectivity index (χ1) is 10.5. The van der Waals surface area contributed by atoms with E-state index in [2.05, 4.69) is 11.7 Å². The first-order valence-electron chi connectivity index (χ1n) is 7.24. The Hall–Kier alpha value is -1.26. The van der Waals surface area contributed by atoms with Crippen molar-refractivity contribution in [3.63, 3.8) is 0 Å². The lowest BCUT2D eigenvalue weighted by molar-refractivity contribution is -0.142. The minimum absolute atomic E-state index is 0.0422. The fourth-order valence-corrected chi connectivity index (χ4v) is 3.14. The lowest BCUT2D eigenvalue weighted by Crippen LogP contribution is -2.13. The van der Waals surface area contributed by atoms with Crippen LogP contribution in [0.25, 0.3) is 0 Å². The Kier molecular flexibility index (Phi) is 5.70. The van der Waals surface area contributed by atoms with Gasteiger partial charge in [-0.15, -0.1) is 0 Å². The Labute approximate surface area is 139 Å². The lowest BCUT2D eigenvalue weighted by Gasteiger charge is -2.11. The summed E-state index contributed by atoms with van der Waals surface area (Å²) in [6.45, 7) is 1.84. The highest BCUT2D eigenvalue weighted by molar-refractivity contribution is 6.45. The predicted molar refractivity (Wildman–Crippen MR) is 85.0 cm³/mol. The van der Waals surface area contributed by atoms with Crippen molar-refractivity contribution in [3.05, 3.63) is 27.2 Å². The van der Waals surface area contributed by atoms with Gasteiger partial charge in [-0.25, -0.2) is 4.79 Å². The molecule has 6 heteroatoms. The van der Waals surface area contributed by atoms with Crippen molar-refractivity contribution in [1.29, 1.82) is 0 Å². The summed E-state index contributed by atoms with van der Waals surface area (Å²) in [5.41, 5.74) is 1.33. The predicted octanol–water partition coefficient (Wildman–Crippen LogP) is 4.09. The van der Waals surface area contributed by atoms with Crippen molar-refractivity contribution >= 4 is 35.0 Å². The maximum Gasteiger partial charge on any atom is 0.343 e. The first-order valence-corrected chi connectivity index (χ1v) is 7.99. The van der Waals surface area contributed by atoms with Gasteiger partial charge in [0.05, 0.1) is 12.1 Å². The number of halogens is 2. The van der Waals surface area contributed by atoms with E-state index in [1.165, 1.54) is 7.11 Å². The van der Waals surface area contributed by atoms with Gasteiger partial charge < -0.3 is 9.47 Å². The maximum atomic E-state index is 12.4. The van der Waals surface area contributed by atoms with Crippen LogP contribution in [0.15, 0.2) is 6.07 Å². The molecule has 0 N–H and O–H groups in total. The molecule has 120 valence electrons. The third-order valence-electron chi connectivity index (χ3n) is 3.82. The fraction of sp³-hybridized carbons (Fsp3) is 0.500. The largest absolute Gasteiger partial charge is 0.480 e. The smallest absolute Gasteiger partial charge is 0.343 e. The molecule has 1 unspecified atom stereocenters. The van der Waals surface area contributed by atoms with E-state index >= 15 is 0 Å². The van der Waals surface area contributed by atoms with Crippen molar-refractivity contribution < 1.29 is 19.1 Å². The highest BCUT2D eigenvalue weighted by atomic mass is 35.5. The molecule has 4 nitrogen and oxygen atoms in total. The van der Waals surface area contributed by atoms with Crippen LogP contribution in [0.3, 0.4) is 0 Å². The molecular weight excluding hydrogens is 327 g/mol. The summed E-state index contributed by atoms with van der Waals surface area (Å²) >= 11 is 12.4. The molecule has 1 atom stereocenters. The second kappa shape index (κ2) is 7.34. The van der Waals surface area contributed by atoms with Gasteiger partial charge in [0.15, 0.2) is 12.4 Å². The Morgan fingerprint density at radius 2 is 2.09 bits per heavy atom. The van der Waals surface area contributed by atoms with Crippen LogP contribution in [0.5, 0.6) is 5.75 Å². The van der Waals surface area contributed by atoms with Gasteiger partial charge in [0.25, 0.3) is 0 Å². The molecule has 22 heavy (non-hydrogen) atoms. The molecule has 1 aliphatic carbocycles. The van der Waals surface area contributed by atoms with Crippen molar-refractivity contribution in [2.75, 3.05) is 13.7 Å². The maximum absolute atomic E-state index is 12.4. The summed E-state index contributed by atoms with van der Waals surface area (Å²) in [6.07, 6.45) is 3.53. The molecule has 1 aliphatic rings. The molecule has 0 fully saturated rings. The van der Waals surface area contributed by atoms with E-state index in [-0.39, 0.29) is 28.4 Å². The molecule has 0 bridgehead atoms. The van der Waals surface area contributed by atoms with Crippen LogP contribution in [0.1, 0.15) is 42.1 Å². The molecule has 0 aromatic heterocycles. The summed E-state index contributed by atoms with van der Waals surface area (Å²) in [7, 11) is 1.28.